The second-order valence-electron chi connectivity index (χ2n) is 8.21. The molecule has 0 radical (unpaired) electrons. The van der Waals surface area contributed by atoms with Crippen LogP contribution in [-0.4, -0.2) is 37.0 Å². The van der Waals surface area contributed by atoms with Crippen molar-refractivity contribution >= 4 is 11.8 Å². The van der Waals surface area contributed by atoms with E-state index in [9.17, 15) is 9.59 Å². The molecular weight excluding hydrogens is 386 g/mol. The zero-order valence-electron chi connectivity index (χ0n) is 20.9. The minimum absolute atomic E-state index is 0.0392. The van der Waals surface area contributed by atoms with Crippen molar-refractivity contribution in [2.75, 3.05) is 13.1 Å². The van der Waals surface area contributed by atoms with Crippen molar-refractivity contribution in [3.05, 3.63) is 35.4 Å². The summed E-state index contributed by atoms with van der Waals surface area (Å²) in [6, 6.07) is 8.40. The van der Waals surface area contributed by atoms with Crippen LogP contribution in [0.4, 0.5) is 0 Å². The summed E-state index contributed by atoms with van der Waals surface area (Å²) in [6.45, 7) is 13.9. The molecule has 0 fully saturated rings. The van der Waals surface area contributed by atoms with Crippen LogP contribution in [0.1, 0.15) is 90.7 Å². The Morgan fingerprint density at radius 1 is 0.935 bits per heavy atom. The van der Waals surface area contributed by atoms with Crippen LogP contribution < -0.4 is 16.0 Å². The maximum absolute atomic E-state index is 12.6. The molecule has 0 aliphatic heterocycles. The van der Waals surface area contributed by atoms with Gasteiger partial charge in [0.1, 0.15) is 6.04 Å². The van der Waals surface area contributed by atoms with Crippen LogP contribution in [0.15, 0.2) is 24.3 Å². The van der Waals surface area contributed by atoms with Gasteiger partial charge in [0.05, 0.1) is 0 Å². The van der Waals surface area contributed by atoms with Gasteiger partial charge in [0.25, 0.3) is 0 Å². The summed E-state index contributed by atoms with van der Waals surface area (Å²) in [6.07, 6.45) is 6.82. The number of hydrogen-bond donors (Lipinski definition) is 3. The molecule has 0 spiro atoms. The molecule has 0 saturated heterocycles. The van der Waals surface area contributed by atoms with Gasteiger partial charge < -0.3 is 16.0 Å². The monoisotopic (exact) mass is 433 g/mol. The number of carbonyl (C=O) groups excluding carboxylic acids is 2. The van der Waals surface area contributed by atoms with E-state index in [0.29, 0.717) is 25.4 Å². The Balaban J connectivity index is 0.00000436. The second-order valence-corrected chi connectivity index (χ2v) is 8.21. The van der Waals surface area contributed by atoms with E-state index in [0.717, 1.165) is 45.1 Å². The van der Waals surface area contributed by atoms with Gasteiger partial charge >= 0.3 is 0 Å². The molecule has 0 heterocycles. The van der Waals surface area contributed by atoms with Crippen LogP contribution in [-0.2, 0) is 16.0 Å². The van der Waals surface area contributed by atoms with Gasteiger partial charge in [-0.05, 0) is 51.1 Å². The van der Waals surface area contributed by atoms with Crippen molar-refractivity contribution in [1.82, 2.24) is 16.0 Å². The Bertz CT molecular complexity index is 585. The molecule has 0 aliphatic carbocycles. The maximum Gasteiger partial charge on any atom is 0.242 e. The van der Waals surface area contributed by atoms with E-state index in [1.54, 1.807) is 0 Å². The Labute approximate surface area is 191 Å². The molecule has 1 aromatic rings. The van der Waals surface area contributed by atoms with Crippen LogP contribution in [0.5, 0.6) is 0 Å². The summed E-state index contributed by atoms with van der Waals surface area (Å²) in [4.78, 5) is 25.0. The zero-order valence-corrected chi connectivity index (χ0v) is 20.9. The molecule has 1 unspecified atom stereocenters. The SMILES string of the molecule is CC.CCCCCNC(=O)C(CCCNC(C)C)NC(=O)CCCc1ccc(C)cc1. The van der Waals surface area contributed by atoms with E-state index in [-0.39, 0.29) is 11.8 Å². The first-order valence-electron chi connectivity index (χ1n) is 12.3. The maximum atomic E-state index is 12.6. The van der Waals surface area contributed by atoms with Crippen LogP contribution >= 0.6 is 0 Å². The minimum Gasteiger partial charge on any atom is -0.354 e. The fourth-order valence-corrected chi connectivity index (χ4v) is 3.15. The fourth-order valence-electron chi connectivity index (χ4n) is 3.15. The first kappa shape index (κ1) is 29.1. The summed E-state index contributed by atoms with van der Waals surface area (Å²) < 4.78 is 0. The van der Waals surface area contributed by atoms with E-state index in [2.05, 4.69) is 67.9 Å². The van der Waals surface area contributed by atoms with Gasteiger partial charge in [0.15, 0.2) is 0 Å². The molecule has 31 heavy (non-hydrogen) atoms. The molecule has 5 nitrogen and oxygen atoms in total. The van der Waals surface area contributed by atoms with Gasteiger partial charge in [-0.15, -0.1) is 0 Å². The van der Waals surface area contributed by atoms with Crippen LogP contribution in [0, 0.1) is 6.92 Å². The Morgan fingerprint density at radius 3 is 2.23 bits per heavy atom. The molecule has 0 aliphatic rings. The second kappa shape index (κ2) is 18.9. The molecular formula is C26H47N3O2. The first-order chi connectivity index (χ1) is 14.9. The third-order valence-corrected chi connectivity index (χ3v) is 4.94. The molecule has 0 bridgehead atoms. The Kier molecular flexibility index (Phi) is 17.7. The summed E-state index contributed by atoms with van der Waals surface area (Å²) in [5, 5.41) is 9.31. The Hall–Kier alpha value is -1.88. The average molecular weight is 434 g/mol. The van der Waals surface area contributed by atoms with E-state index in [1.165, 1.54) is 11.1 Å². The minimum atomic E-state index is -0.447. The molecule has 2 amide bonds. The quantitative estimate of drug-likeness (QED) is 0.344. The predicted octanol–water partition coefficient (Wildman–Crippen LogP) is 4.91. The number of carbonyl (C=O) groups is 2. The number of rotatable bonds is 15. The molecule has 0 saturated carbocycles. The fraction of sp³-hybridized carbons (Fsp3) is 0.692. The summed E-state index contributed by atoms with van der Waals surface area (Å²) in [5.74, 6) is -0.0971. The lowest BCUT2D eigenvalue weighted by Gasteiger charge is -2.19. The third kappa shape index (κ3) is 15.6. The smallest absolute Gasteiger partial charge is 0.242 e. The van der Waals surface area contributed by atoms with E-state index >= 15 is 0 Å². The van der Waals surface area contributed by atoms with Gasteiger partial charge in [-0.2, -0.15) is 0 Å². The summed E-state index contributed by atoms with van der Waals surface area (Å²) in [7, 11) is 0. The van der Waals surface area contributed by atoms with Crippen LogP contribution in [0.25, 0.3) is 0 Å². The van der Waals surface area contributed by atoms with Gasteiger partial charge in [-0.25, -0.2) is 0 Å². The highest BCUT2D eigenvalue weighted by Crippen LogP contribution is 2.08. The van der Waals surface area contributed by atoms with Crippen molar-refractivity contribution in [3.63, 3.8) is 0 Å². The third-order valence-electron chi connectivity index (χ3n) is 4.94. The van der Waals surface area contributed by atoms with Crippen molar-refractivity contribution < 1.29 is 9.59 Å². The molecule has 1 atom stereocenters. The highest BCUT2D eigenvalue weighted by molar-refractivity contribution is 5.87. The van der Waals surface area contributed by atoms with Crippen molar-refractivity contribution in [2.45, 2.75) is 105 Å². The first-order valence-corrected chi connectivity index (χ1v) is 12.3. The zero-order chi connectivity index (χ0) is 23.5. The van der Waals surface area contributed by atoms with E-state index in [4.69, 9.17) is 0 Å². The number of hydrogen-bond acceptors (Lipinski definition) is 3. The molecule has 1 rings (SSSR count). The largest absolute Gasteiger partial charge is 0.354 e. The normalized spacial score (nSPS) is 11.5. The molecule has 1 aromatic carbocycles. The standard InChI is InChI=1S/C24H41N3O2.C2H6/c1-5-6-7-17-26-24(29)22(11-9-18-25-19(2)3)27-23(28)12-8-10-21-15-13-20(4)14-16-21;1-2/h13-16,19,22,25H,5-12,17-18H2,1-4H3,(H,26,29)(H,27,28);1-2H3. The number of nitrogens with one attached hydrogen (secondary N) is 3. The van der Waals surface area contributed by atoms with Crippen LogP contribution in [0.2, 0.25) is 0 Å². The van der Waals surface area contributed by atoms with Gasteiger partial charge in [0, 0.05) is 19.0 Å². The number of aryl methyl sites for hydroxylation is 2. The van der Waals surface area contributed by atoms with Gasteiger partial charge in [-0.3, -0.25) is 9.59 Å². The lowest BCUT2D eigenvalue weighted by Crippen LogP contribution is -2.47. The van der Waals surface area contributed by atoms with Crippen molar-refractivity contribution in [1.29, 1.82) is 0 Å². The topological polar surface area (TPSA) is 70.2 Å². The molecule has 3 N–H and O–H groups in total. The molecule has 178 valence electrons. The predicted molar refractivity (Wildman–Crippen MR) is 132 cm³/mol. The molecule has 0 aromatic heterocycles. The molecule has 5 heteroatoms. The van der Waals surface area contributed by atoms with Crippen molar-refractivity contribution in [3.8, 4) is 0 Å². The number of benzene rings is 1. The van der Waals surface area contributed by atoms with Gasteiger partial charge in [0.2, 0.25) is 11.8 Å². The summed E-state index contributed by atoms with van der Waals surface area (Å²) in [5.41, 5.74) is 2.49. The van der Waals surface area contributed by atoms with Crippen molar-refractivity contribution in [2.24, 2.45) is 0 Å². The lowest BCUT2D eigenvalue weighted by atomic mass is 10.1. The van der Waals surface area contributed by atoms with Gasteiger partial charge in [-0.1, -0.05) is 77.3 Å². The van der Waals surface area contributed by atoms with E-state index in [1.807, 2.05) is 13.8 Å². The van der Waals surface area contributed by atoms with E-state index < -0.39 is 6.04 Å². The number of unbranched alkanes of at least 4 members (excludes halogenated alkanes) is 2. The highest BCUT2D eigenvalue weighted by Gasteiger charge is 2.19. The Morgan fingerprint density at radius 2 is 1.61 bits per heavy atom. The van der Waals surface area contributed by atoms with Crippen LogP contribution in [0.3, 0.4) is 0 Å². The average Bonchev–Trinajstić information content (AvgIpc) is 2.76. The number of amides is 2. The lowest BCUT2D eigenvalue weighted by molar-refractivity contribution is -0.129. The summed E-state index contributed by atoms with van der Waals surface area (Å²) >= 11 is 0. The highest BCUT2D eigenvalue weighted by atomic mass is 16.2.